The summed E-state index contributed by atoms with van der Waals surface area (Å²) in [6.07, 6.45) is 3.37. The topological polar surface area (TPSA) is 9.72 Å². The van der Waals surface area contributed by atoms with E-state index in [2.05, 4.69) is 315 Å². The van der Waals surface area contributed by atoms with Crippen LogP contribution in [0.3, 0.4) is 0 Å². The fraction of sp³-hybridized carbons (Fsp3) is 0.241. The molecule has 0 atom stereocenters. The largest absolute Gasteiger partial charge is 0.311 e. The Kier molecular flexibility index (Phi) is 12.1. The maximum Gasteiger partial charge on any atom is 0.252 e. The Labute approximate surface area is 494 Å². The molecular weight excluding hydrogens is 1000 g/mol. The molecule has 0 spiro atoms. The van der Waals surface area contributed by atoms with E-state index in [0.29, 0.717) is 0 Å². The van der Waals surface area contributed by atoms with Crippen LogP contribution in [-0.4, -0.2) is 6.71 Å². The molecule has 2 heterocycles. The molecule has 0 N–H and O–H groups in total. The van der Waals surface area contributed by atoms with Crippen molar-refractivity contribution in [3.8, 4) is 33.4 Å². The van der Waals surface area contributed by atoms with Crippen molar-refractivity contribution >= 4 is 74.3 Å². The molecule has 10 aromatic carbocycles. The number of benzene rings is 10. The van der Waals surface area contributed by atoms with Crippen LogP contribution < -0.4 is 31.1 Å². The van der Waals surface area contributed by atoms with Gasteiger partial charge in [0, 0.05) is 45.4 Å². The highest BCUT2D eigenvalue weighted by molar-refractivity contribution is 7.00. The van der Waals surface area contributed by atoms with Gasteiger partial charge in [0.25, 0.3) is 6.71 Å². The Morgan fingerprint density at radius 2 is 0.843 bits per heavy atom. The monoisotopic (exact) mass is 1080 g/mol. The standard InChI is InChI=1S/C79H76BN3/c1-75(2,3)57-36-41-69(62(46-57)56-34-39-63-64(44-56)79(10,11)51-78(63,8)9)83-71-50-66-65(76(4,5)42-43-77(66,6)7)49-68(71)80-67-45-55(53-26-18-13-19-27-53)35-40-70(67)82(60-37-32-54(33-38-60)52-24-16-12-17-25-52)72-47-61(48-73(83)74(72)80)81(58-28-20-14-21-29-58)59-30-22-15-23-31-59/h12-41,44-50H,42-43,51H2,1-11H3. The van der Waals surface area contributed by atoms with Gasteiger partial charge in [-0.05, 0) is 191 Å². The molecule has 83 heavy (non-hydrogen) atoms. The molecule has 2 aliphatic carbocycles. The Bertz CT molecular complexity index is 4110. The highest BCUT2D eigenvalue weighted by Gasteiger charge is 2.48. The van der Waals surface area contributed by atoms with Crippen LogP contribution in [-0.2, 0) is 27.1 Å². The van der Waals surface area contributed by atoms with Crippen molar-refractivity contribution in [1.82, 2.24) is 0 Å². The first kappa shape index (κ1) is 52.7. The van der Waals surface area contributed by atoms with E-state index in [1.54, 1.807) is 0 Å². The van der Waals surface area contributed by atoms with Gasteiger partial charge in [0.15, 0.2) is 0 Å². The average molecular weight is 1080 g/mol. The summed E-state index contributed by atoms with van der Waals surface area (Å²) in [5.41, 5.74) is 28.9. The van der Waals surface area contributed by atoms with Gasteiger partial charge in [-0.15, -0.1) is 0 Å². The predicted octanol–water partition coefficient (Wildman–Crippen LogP) is 19.8. The van der Waals surface area contributed by atoms with E-state index in [9.17, 15) is 0 Å². The van der Waals surface area contributed by atoms with Gasteiger partial charge in [-0.2, -0.15) is 0 Å². The van der Waals surface area contributed by atoms with Gasteiger partial charge >= 0.3 is 0 Å². The van der Waals surface area contributed by atoms with E-state index in [-0.39, 0.29) is 33.8 Å². The van der Waals surface area contributed by atoms with Crippen LogP contribution in [0.5, 0.6) is 0 Å². The summed E-state index contributed by atoms with van der Waals surface area (Å²) in [5.74, 6) is 0. The number of hydrogen-bond donors (Lipinski definition) is 0. The Morgan fingerprint density at radius 3 is 1.45 bits per heavy atom. The van der Waals surface area contributed by atoms with Crippen molar-refractivity contribution in [3.63, 3.8) is 0 Å². The lowest BCUT2D eigenvalue weighted by Gasteiger charge is -2.48. The van der Waals surface area contributed by atoms with E-state index in [0.717, 1.165) is 42.0 Å². The quantitative estimate of drug-likeness (QED) is 0.140. The van der Waals surface area contributed by atoms with Gasteiger partial charge in [-0.1, -0.05) is 228 Å². The third-order valence-corrected chi connectivity index (χ3v) is 19.4. The van der Waals surface area contributed by atoms with Crippen molar-refractivity contribution in [2.75, 3.05) is 14.7 Å². The lowest BCUT2D eigenvalue weighted by Crippen LogP contribution is -2.62. The minimum atomic E-state index is -0.104. The highest BCUT2D eigenvalue weighted by Crippen LogP contribution is 2.55. The zero-order chi connectivity index (χ0) is 57.4. The van der Waals surface area contributed by atoms with Crippen molar-refractivity contribution in [2.24, 2.45) is 0 Å². The minimum absolute atomic E-state index is 0.0238. The van der Waals surface area contributed by atoms with Crippen LogP contribution >= 0.6 is 0 Å². The lowest BCUT2D eigenvalue weighted by molar-refractivity contribution is 0.332. The second kappa shape index (κ2) is 19.1. The summed E-state index contributed by atoms with van der Waals surface area (Å²) < 4.78 is 0. The molecule has 4 aliphatic rings. The first-order valence-electron chi connectivity index (χ1n) is 30.3. The molecule has 0 saturated carbocycles. The number of fused-ring (bicyclic) bond motifs is 6. The van der Waals surface area contributed by atoms with Gasteiger partial charge in [0.1, 0.15) is 0 Å². The van der Waals surface area contributed by atoms with Gasteiger partial charge in [0.05, 0.1) is 11.4 Å². The van der Waals surface area contributed by atoms with Crippen LogP contribution in [0, 0.1) is 0 Å². The fourth-order valence-electron chi connectivity index (χ4n) is 15.1. The maximum absolute atomic E-state index is 2.73. The molecular formula is C79H76BN3. The van der Waals surface area contributed by atoms with Crippen LogP contribution in [0.15, 0.2) is 224 Å². The molecule has 2 aliphatic heterocycles. The lowest BCUT2D eigenvalue weighted by atomic mass is 9.33. The summed E-state index contributed by atoms with van der Waals surface area (Å²) in [5, 5.41) is 0. The Balaban J connectivity index is 1.14. The first-order valence-corrected chi connectivity index (χ1v) is 30.3. The molecule has 0 saturated heterocycles. The number of nitrogens with zero attached hydrogens (tertiary/aromatic N) is 3. The van der Waals surface area contributed by atoms with Crippen LogP contribution in [0.2, 0.25) is 0 Å². The molecule has 14 rings (SSSR count). The molecule has 410 valence electrons. The summed E-state index contributed by atoms with van der Waals surface area (Å²) in [7, 11) is 0. The van der Waals surface area contributed by atoms with Crippen LogP contribution in [0.1, 0.15) is 123 Å². The average Bonchev–Trinajstić information content (AvgIpc) is 2.14. The molecule has 0 bridgehead atoms. The number of rotatable bonds is 8. The highest BCUT2D eigenvalue weighted by atomic mass is 15.2. The van der Waals surface area contributed by atoms with E-state index in [1.807, 2.05) is 0 Å². The molecule has 0 amide bonds. The zero-order valence-electron chi connectivity index (χ0n) is 50.4. The molecule has 3 nitrogen and oxygen atoms in total. The van der Waals surface area contributed by atoms with E-state index >= 15 is 0 Å². The predicted molar refractivity (Wildman–Crippen MR) is 356 cm³/mol. The van der Waals surface area contributed by atoms with Gasteiger partial charge in [0.2, 0.25) is 0 Å². The minimum Gasteiger partial charge on any atom is -0.311 e. The van der Waals surface area contributed by atoms with Crippen molar-refractivity contribution < 1.29 is 0 Å². The smallest absolute Gasteiger partial charge is 0.252 e. The SMILES string of the molecule is CC(C)(C)c1ccc(N2c3cc4c(cc3B3c5cc(-c6ccccc6)ccc5N(c5ccc(-c6ccccc6)cc5)c5cc(N(c6ccccc6)c6ccccc6)cc2c53)C(C)(C)CCC4(C)C)c(-c2ccc3c(c2)C(C)(C)CC3(C)C)c1. The molecule has 0 aromatic heterocycles. The Hall–Kier alpha value is -8.34. The third kappa shape index (κ3) is 8.77. The normalized spacial score (nSPS) is 16.5. The summed E-state index contributed by atoms with van der Waals surface area (Å²) in [4.78, 5) is 7.79. The van der Waals surface area contributed by atoms with Crippen molar-refractivity contribution in [2.45, 2.75) is 122 Å². The number of anilines is 9. The summed E-state index contributed by atoms with van der Waals surface area (Å²) in [6, 6.07) is 85.7. The molecule has 4 heteroatoms. The van der Waals surface area contributed by atoms with Crippen LogP contribution in [0.4, 0.5) is 51.2 Å². The third-order valence-electron chi connectivity index (χ3n) is 19.4. The van der Waals surface area contributed by atoms with Crippen LogP contribution in [0.25, 0.3) is 33.4 Å². The molecule has 10 aromatic rings. The van der Waals surface area contributed by atoms with E-state index < -0.39 is 0 Å². The number of hydrogen-bond acceptors (Lipinski definition) is 3. The molecule has 0 unspecified atom stereocenters. The first-order chi connectivity index (χ1) is 39.8. The van der Waals surface area contributed by atoms with E-state index in [4.69, 9.17) is 0 Å². The summed E-state index contributed by atoms with van der Waals surface area (Å²) in [6.45, 7) is 26.7. The van der Waals surface area contributed by atoms with Crippen molar-refractivity contribution in [1.29, 1.82) is 0 Å². The number of para-hydroxylation sites is 2. The fourth-order valence-corrected chi connectivity index (χ4v) is 15.1. The maximum atomic E-state index is 2.73. The second-order valence-corrected chi connectivity index (χ2v) is 28.0. The molecule has 0 fully saturated rings. The Morgan fingerprint density at radius 1 is 0.361 bits per heavy atom. The second-order valence-electron chi connectivity index (χ2n) is 28.0. The summed E-state index contributed by atoms with van der Waals surface area (Å²) >= 11 is 0. The van der Waals surface area contributed by atoms with Gasteiger partial charge < -0.3 is 14.7 Å². The van der Waals surface area contributed by atoms with Gasteiger partial charge in [-0.3, -0.25) is 0 Å². The molecule has 0 radical (unpaired) electrons. The van der Waals surface area contributed by atoms with E-state index in [1.165, 1.54) is 106 Å². The zero-order valence-corrected chi connectivity index (χ0v) is 50.4. The van der Waals surface area contributed by atoms with Gasteiger partial charge in [-0.25, -0.2) is 0 Å². The van der Waals surface area contributed by atoms with Crippen molar-refractivity contribution in [3.05, 3.63) is 252 Å².